The first kappa shape index (κ1) is 17.3. The fourth-order valence-corrected chi connectivity index (χ4v) is 2.62. The van der Waals surface area contributed by atoms with Crippen LogP contribution in [0.4, 0.5) is 30.7 Å². The lowest BCUT2D eigenvalue weighted by atomic mass is 9.96. The van der Waals surface area contributed by atoms with E-state index in [9.17, 15) is 30.7 Å². The molecule has 0 aliphatic rings. The van der Waals surface area contributed by atoms with Crippen molar-refractivity contribution in [1.29, 1.82) is 0 Å². The lowest BCUT2D eigenvalue weighted by Crippen LogP contribution is -2.50. The van der Waals surface area contributed by atoms with E-state index >= 15 is 0 Å². The fraction of sp³-hybridized carbons (Fsp3) is 0.176. The highest BCUT2D eigenvalue weighted by Crippen LogP contribution is 2.54. The standard InChI is InChI=1S/C17H10F7N/c18-15(19,16(20,21)17(22,23)24)14-13(10-6-2-1-3-7-10)11-8-4-5-9-12(11)25-14/h1-9,25H. The zero-order valence-corrected chi connectivity index (χ0v) is 12.3. The van der Waals surface area contributed by atoms with E-state index in [-0.39, 0.29) is 22.0 Å². The summed E-state index contributed by atoms with van der Waals surface area (Å²) in [5, 5.41) is 0.126. The third-order valence-corrected chi connectivity index (χ3v) is 3.83. The minimum absolute atomic E-state index is 0.0361. The van der Waals surface area contributed by atoms with Gasteiger partial charge in [-0.1, -0.05) is 48.5 Å². The summed E-state index contributed by atoms with van der Waals surface area (Å²) in [6.07, 6.45) is -6.40. The van der Waals surface area contributed by atoms with Gasteiger partial charge in [0.2, 0.25) is 0 Å². The Hall–Kier alpha value is -2.51. The Morgan fingerprint density at radius 2 is 1.24 bits per heavy atom. The van der Waals surface area contributed by atoms with E-state index in [1.807, 2.05) is 0 Å². The third kappa shape index (κ3) is 2.56. The maximum Gasteiger partial charge on any atom is 0.460 e. The second-order valence-corrected chi connectivity index (χ2v) is 5.43. The molecule has 0 unspecified atom stereocenters. The molecule has 0 saturated heterocycles. The van der Waals surface area contributed by atoms with E-state index in [0.717, 1.165) is 0 Å². The molecule has 2 aromatic carbocycles. The maximum absolute atomic E-state index is 14.3. The molecular weight excluding hydrogens is 351 g/mol. The average Bonchev–Trinajstić information content (AvgIpc) is 2.94. The molecule has 3 rings (SSSR count). The Bertz CT molecular complexity index is 894. The molecule has 0 radical (unpaired) electrons. The van der Waals surface area contributed by atoms with E-state index in [4.69, 9.17) is 0 Å². The predicted molar refractivity (Wildman–Crippen MR) is 78.6 cm³/mol. The van der Waals surface area contributed by atoms with Crippen LogP contribution < -0.4 is 0 Å². The topological polar surface area (TPSA) is 15.8 Å². The van der Waals surface area contributed by atoms with E-state index in [2.05, 4.69) is 4.98 Å². The fourth-order valence-electron chi connectivity index (χ4n) is 2.62. The molecule has 1 heterocycles. The van der Waals surface area contributed by atoms with Crippen LogP contribution in [0.2, 0.25) is 0 Å². The van der Waals surface area contributed by atoms with Crippen LogP contribution in [0.3, 0.4) is 0 Å². The Kier molecular flexibility index (Phi) is 3.81. The Morgan fingerprint density at radius 1 is 0.680 bits per heavy atom. The minimum atomic E-state index is -6.40. The van der Waals surface area contributed by atoms with Crippen molar-refractivity contribution in [3.8, 4) is 11.1 Å². The molecule has 1 N–H and O–H groups in total. The van der Waals surface area contributed by atoms with Crippen molar-refractivity contribution in [1.82, 2.24) is 4.98 Å². The normalized spacial score (nSPS) is 13.4. The number of para-hydroxylation sites is 1. The molecule has 0 bridgehead atoms. The van der Waals surface area contributed by atoms with Crippen LogP contribution in [0, 0.1) is 0 Å². The molecule has 0 atom stereocenters. The van der Waals surface area contributed by atoms with Gasteiger partial charge in [0.15, 0.2) is 0 Å². The first-order valence-electron chi connectivity index (χ1n) is 7.06. The Balaban J connectivity index is 2.34. The van der Waals surface area contributed by atoms with Gasteiger partial charge in [-0.05, 0) is 11.6 Å². The third-order valence-electron chi connectivity index (χ3n) is 3.83. The van der Waals surface area contributed by atoms with E-state index in [1.54, 1.807) is 6.07 Å². The van der Waals surface area contributed by atoms with Crippen molar-refractivity contribution < 1.29 is 30.7 Å². The molecule has 0 fully saturated rings. The highest BCUT2D eigenvalue weighted by Gasteiger charge is 2.74. The van der Waals surface area contributed by atoms with Crippen LogP contribution in [0.5, 0.6) is 0 Å². The van der Waals surface area contributed by atoms with Gasteiger partial charge in [0, 0.05) is 16.5 Å². The molecule has 0 saturated carbocycles. The second kappa shape index (κ2) is 5.50. The van der Waals surface area contributed by atoms with Crippen molar-refractivity contribution in [2.45, 2.75) is 18.0 Å². The molecule has 132 valence electrons. The lowest BCUT2D eigenvalue weighted by molar-refractivity contribution is -0.360. The number of fused-ring (bicyclic) bond motifs is 1. The van der Waals surface area contributed by atoms with Gasteiger partial charge in [-0.15, -0.1) is 0 Å². The molecular formula is C17H10F7N. The number of hydrogen-bond donors (Lipinski definition) is 1. The summed E-state index contributed by atoms with van der Waals surface area (Å²) in [6, 6.07) is 12.9. The van der Waals surface area contributed by atoms with Gasteiger partial charge in [0.05, 0.1) is 0 Å². The van der Waals surface area contributed by atoms with Gasteiger partial charge in [-0.25, -0.2) is 0 Å². The van der Waals surface area contributed by atoms with Gasteiger partial charge >= 0.3 is 18.0 Å². The smallest absolute Gasteiger partial charge is 0.353 e. The highest BCUT2D eigenvalue weighted by molar-refractivity contribution is 5.97. The second-order valence-electron chi connectivity index (χ2n) is 5.43. The van der Waals surface area contributed by atoms with Gasteiger partial charge in [0.25, 0.3) is 0 Å². The summed E-state index contributed by atoms with van der Waals surface area (Å²) < 4.78 is 93.4. The number of H-pyrrole nitrogens is 1. The largest absolute Gasteiger partial charge is 0.460 e. The van der Waals surface area contributed by atoms with E-state index in [1.165, 1.54) is 48.5 Å². The number of hydrogen-bond acceptors (Lipinski definition) is 0. The summed E-state index contributed by atoms with van der Waals surface area (Å²) in [6.45, 7) is 0. The molecule has 25 heavy (non-hydrogen) atoms. The molecule has 1 nitrogen and oxygen atoms in total. The van der Waals surface area contributed by atoms with Crippen molar-refractivity contribution >= 4 is 10.9 Å². The zero-order chi connectivity index (χ0) is 18.5. The van der Waals surface area contributed by atoms with Crippen molar-refractivity contribution in [2.75, 3.05) is 0 Å². The first-order valence-corrected chi connectivity index (χ1v) is 7.06. The van der Waals surface area contributed by atoms with Crippen LogP contribution in [-0.4, -0.2) is 17.1 Å². The van der Waals surface area contributed by atoms with E-state index in [0.29, 0.717) is 0 Å². The maximum atomic E-state index is 14.3. The molecule has 0 aliphatic carbocycles. The van der Waals surface area contributed by atoms with Crippen LogP contribution in [0.15, 0.2) is 54.6 Å². The van der Waals surface area contributed by atoms with E-state index < -0.39 is 23.7 Å². The minimum Gasteiger partial charge on any atom is -0.353 e. The van der Waals surface area contributed by atoms with Crippen LogP contribution in [0.25, 0.3) is 22.0 Å². The van der Waals surface area contributed by atoms with Crippen molar-refractivity contribution in [3.05, 3.63) is 60.3 Å². The highest BCUT2D eigenvalue weighted by atomic mass is 19.4. The monoisotopic (exact) mass is 361 g/mol. The van der Waals surface area contributed by atoms with Gasteiger partial charge in [0.1, 0.15) is 5.69 Å². The molecule has 8 heteroatoms. The lowest BCUT2D eigenvalue weighted by Gasteiger charge is -2.28. The first-order chi connectivity index (χ1) is 11.6. The zero-order valence-electron chi connectivity index (χ0n) is 12.3. The number of aromatic nitrogens is 1. The van der Waals surface area contributed by atoms with Gasteiger partial charge in [-0.2, -0.15) is 30.7 Å². The molecule has 0 aliphatic heterocycles. The summed E-state index contributed by atoms with van der Waals surface area (Å²) in [5.41, 5.74) is -1.71. The quantitative estimate of drug-likeness (QED) is 0.541. The Labute approximate surface area is 137 Å². The molecule has 1 aromatic heterocycles. The molecule has 0 spiro atoms. The SMILES string of the molecule is FC(F)(F)C(F)(F)C(F)(F)c1[nH]c2ccccc2c1-c1ccccc1. The van der Waals surface area contributed by atoms with Crippen LogP contribution in [-0.2, 0) is 5.92 Å². The Morgan fingerprint density at radius 3 is 1.84 bits per heavy atom. The number of rotatable bonds is 3. The van der Waals surface area contributed by atoms with Gasteiger partial charge < -0.3 is 4.98 Å². The van der Waals surface area contributed by atoms with Gasteiger partial charge in [-0.3, -0.25) is 0 Å². The van der Waals surface area contributed by atoms with Crippen LogP contribution >= 0.6 is 0 Å². The summed E-state index contributed by atoms with van der Waals surface area (Å²) >= 11 is 0. The molecule has 3 aromatic rings. The average molecular weight is 361 g/mol. The van der Waals surface area contributed by atoms with Crippen molar-refractivity contribution in [2.24, 2.45) is 0 Å². The number of benzene rings is 2. The van der Waals surface area contributed by atoms with Crippen LogP contribution in [0.1, 0.15) is 5.69 Å². The number of alkyl halides is 7. The summed E-state index contributed by atoms with van der Waals surface area (Å²) in [5.74, 6) is -11.7. The number of nitrogens with one attached hydrogen (secondary N) is 1. The number of aromatic amines is 1. The number of halogens is 7. The predicted octanol–water partition coefficient (Wildman–Crippen LogP) is 6.12. The van der Waals surface area contributed by atoms with Crippen molar-refractivity contribution in [3.63, 3.8) is 0 Å². The summed E-state index contributed by atoms with van der Waals surface area (Å²) in [7, 11) is 0. The summed E-state index contributed by atoms with van der Waals surface area (Å²) in [4.78, 5) is 2.05. The molecule has 0 amide bonds.